The third kappa shape index (κ3) is 3.97. The molecule has 3 aromatic rings. The Kier molecular flexibility index (Phi) is 4.88. The highest BCUT2D eigenvalue weighted by atomic mass is 32.1. The molecule has 1 heterocycles. The number of aliphatic hydroxyl groups excluding tert-OH is 1. The number of rotatable bonds is 6. The second-order valence-electron chi connectivity index (χ2n) is 5.13. The van der Waals surface area contributed by atoms with E-state index in [1.807, 2.05) is 66.0 Å². The number of ether oxygens (including phenoxy) is 1. The van der Waals surface area contributed by atoms with Gasteiger partial charge in [-0.2, -0.15) is 0 Å². The minimum absolute atomic E-state index is 0.390. The lowest BCUT2D eigenvalue weighted by molar-refractivity contribution is 0.171. The van der Waals surface area contributed by atoms with Gasteiger partial charge in [0, 0.05) is 4.88 Å². The van der Waals surface area contributed by atoms with Crippen molar-refractivity contribution in [2.24, 2.45) is 0 Å². The van der Waals surface area contributed by atoms with Gasteiger partial charge in [0.25, 0.3) is 0 Å². The van der Waals surface area contributed by atoms with Crippen LogP contribution < -0.4 is 4.74 Å². The van der Waals surface area contributed by atoms with Crippen LogP contribution in [-0.4, -0.2) is 5.11 Å². The fraction of sp³-hybridized carbons (Fsp3) is 0.158. The van der Waals surface area contributed by atoms with Gasteiger partial charge in [0.05, 0.1) is 6.10 Å². The molecular formula is C19H18O2S. The predicted molar refractivity (Wildman–Crippen MR) is 90.6 cm³/mol. The van der Waals surface area contributed by atoms with Crippen molar-refractivity contribution in [1.29, 1.82) is 0 Å². The molecule has 1 unspecified atom stereocenters. The van der Waals surface area contributed by atoms with E-state index in [9.17, 15) is 5.11 Å². The zero-order chi connectivity index (χ0) is 15.2. The Morgan fingerprint density at radius 3 is 2.50 bits per heavy atom. The van der Waals surface area contributed by atoms with Crippen LogP contribution in [0.1, 0.15) is 23.0 Å². The Morgan fingerprint density at radius 1 is 0.909 bits per heavy atom. The summed E-state index contributed by atoms with van der Waals surface area (Å²) in [6, 6.07) is 21.7. The summed E-state index contributed by atoms with van der Waals surface area (Å²) in [6.07, 6.45) is 1.15. The fourth-order valence-corrected chi connectivity index (χ4v) is 3.06. The maximum Gasteiger partial charge on any atom is 0.127 e. The van der Waals surface area contributed by atoms with Gasteiger partial charge in [-0.1, -0.05) is 36.4 Å². The second kappa shape index (κ2) is 7.25. The van der Waals surface area contributed by atoms with Crippen LogP contribution in [0, 0.1) is 0 Å². The highest BCUT2D eigenvalue weighted by molar-refractivity contribution is 7.10. The van der Waals surface area contributed by atoms with E-state index in [1.54, 1.807) is 11.3 Å². The number of thiophene rings is 1. The van der Waals surface area contributed by atoms with Crippen molar-refractivity contribution in [3.8, 4) is 11.5 Å². The van der Waals surface area contributed by atoms with Crippen LogP contribution in [0.3, 0.4) is 0 Å². The van der Waals surface area contributed by atoms with Crippen LogP contribution in [0.5, 0.6) is 11.5 Å². The van der Waals surface area contributed by atoms with Gasteiger partial charge in [-0.25, -0.2) is 0 Å². The number of hydrogen-bond acceptors (Lipinski definition) is 3. The molecule has 112 valence electrons. The Bertz CT molecular complexity index is 692. The first-order valence-corrected chi connectivity index (χ1v) is 8.22. The SMILES string of the molecule is OC(CCc1cccc(Oc2ccccc2)c1)c1cccs1. The van der Waals surface area contributed by atoms with Crippen LogP contribution in [0.2, 0.25) is 0 Å². The number of aliphatic hydroxyl groups is 1. The molecule has 0 bridgehead atoms. The molecule has 0 aliphatic rings. The Hall–Kier alpha value is -2.10. The minimum Gasteiger partial charge on any atom is -0.457 e. The summed E-state index contributed by atoms with van der Waals surface area (Å²) in [6.45, 7) is 0. The number of benzene rings is 2. The standard InChI is InChI=1S/C19H18O2S/c20-18(19-10-5-13-22-19)12-11-15-6-4-9-17(14-15)21-16-7-2-1-3-8-16/h1-10,13-14,18,20H,11-12H2. The summed E-state index contributed by atoms with van der Waals surface area (Å²) < 4.78 is 5.84. The molecule has 2 aromatic carbocycles. The van der Waals surface area contributed by atoms with E-state index in [1.165, 1.54) is 5.56 Å². The highest BCUT2D eigenvalue weighted by Crippen LogP contribution is 2.26. The van der Waals surface area contributed by atoms with E-state index < -0.39 is 6.10 Å². The second-order valence-corrected chi connectivity index (χ2v) is 6.11. The van der Waals surface area contributed by atoms with E-state index in [0.717, 1.165) is 29.2 Å². The van der Waals surface area contributed by atoms with Gasteiger partial charge in [-0.05, 0) is 54.1 Å². The molecule has 0 fully saturated rings. The smallest absolute Gasteiger partial charge is 0.127 e. The molecule has 1 atom stereocenters. The van der Waals surface area contributed by atoms with E-state index >= 15 is 0 Å². The third-order valence-electron chi connectivity index (χ3n) is 3.46. The normalized spacial score (nSPS) is 12.0. The molecule has 0 saturated carbocycles. The van der Waals surface area contributed by atoms with Crippen LogP contribution in [0.15, 0.2) is 72.1 Å². The fourth-order valence-electron chi connectivity index (χ4n) is 2.32. The van der Waals surface area contributed by atoms with Crippen LogP contribution >= 0.6 is 11.3 Å². The summed E-state index contributed by atoms with van der Waals surface area (Å²) in [7, 11) is 0. The lowest BCUT2D eigenvalue weighted by Gasteiger charge is -2.10. The van der Waals surface area contributed by atoms with Crippen molar-refractivity contribution >= 4 is 11.3 Å². The Labute approximate surface area is 134 Å². The topological polar surface area (TPSA) is 29.5 Å². The van der Waals surface area contributed by atoms with Gasteiger partial charge in [0.1, 0.15) is 11.5 Å². The lowest BCUT2D eigenvalue weighted by Crippen LogP contribution is -1.97. The molecule has 0 aliphatic carbocycles. The average Bonchev–Trinajstić information content (AvgIpc) is 3.08. The van der Waals surface area contributed by atoms with Crippen molar-refractivity contribution in [3.63, 3.8) is 0 Å². The first kappa shape index (κ1) is 14.8. The van der Waals surface area contributed by atoms with Gasteiger partial charge < -0.3 is 9.84 Å². The molecule has 2 nitrogen and oxygen atoms in total. The minimum atomic E-state index is -0.390. The Morgan fingerprint density at radius 2 is 1.73 bits per heavy atom. The molecule has 3 heteroatoms. The maximum absolute atomic E-state index is 10.2. The molecule has 0 aliphatic heterocycles. The molecule has 22 heavy (non-hydrogen) atoms. The summed E-state index contributed by atoms with van der Waals surface area (Å²) in [4.78, 5) is 1.02. The van der Waals surface area contributed by atoms with Gasteiger partial charge >= 0.3 is 0 Å². The summed E-state index contributed by atoms with van der Waals surface area (Å²) in [5.74, 6) is 1.66. The van der Waals surface area contributed by atoms with Gasteiger partial charge in [0.2, 0.25) is 0 Å². The summed E-state index contributed by atoms with van der Waals surface area (Å²) in [5.41, 5.74) is 1.17. The van der Waals surface area contributed by atoms with Crippen molar-refractivity contribution in [1.82, 2.24) is 0 Å². The van der Waals surface area contributed by atoms with Crippen molar-refractivity contribution in [2.45, 2.75) is 18.9 Å². The molecular weight excluding hydrogens is 292 g/mol. The maximum atomic E-state index is 10.2. The molecule has 0 amide bonds. The van der Waals surface area contributed by atoms with Gasteiger partial charge in [-0.15, -0.1) is 11.3 Å². The predicted octanol–water partition coefficient (Wildman–Crippen LogP) is 5.21. The summed E-state index contributed by atoms with van der Waals surface area (Å²) in [5, 5.41) is 12.1. The quantitative estimate of drug-likeness (QED) is 0.677. The van der Waals surface area contributed by atoms with Crippen LogP contribution in [0.25, 0.3) is 0 Å². The molecule has 0 saturated heterocycles. The van der Waals surface area contributed by atoms with E-state index in [4.69, 9.17) is 4.74 Å². The summed E-state index contributed by atoms with van der Waals surface area (Å²) >= 11 is 1.60. The lowest BCUT2D eigenvalue weighted by atomic mass is 10.1. The first-order chi connectivity index (χ1) is 10.8. The molecule has 0 radical (unpaired) electrons. The molecule has 1 N–H and O–H groups in total. The van der Waals surface area contributed by atoms with E-state index in [0.29, 0.717) is 0 Å². The third-order valence-corrected chi connectivity index (χ3v) is 4.43. The van der Waals surface area contributed by atoms with E-state index in [2.05, 4.69) is 6.07 Å². The van der Waals surface area contributed by atoms with Crippen molar-refractivity contribution in [3.05, 3.63) is 82.6 Å². The molecule has 0 spiro atoms. The van der Waals surface area contributed by atoms with Crippen LogP contribution in [0.4, 0.5) is 0 Å². The number of aryl methyl sites for hydroxylation is 1. The zero-order valence-electron chi connectivity index (χ0n) is 12.2. The van der Waals surface area contributed by atoms with Gasteiger partial charge in [-0.3, -0.25) is 0 Å². The Balaban J connectivity index is 1.61. The van der Waals surface area contributed by atoms with Crippen molar-refractivity contribution in [2.75, 3.05) is 0 Å². The first-order valence-electron chi connectivity index (χ1n) is 7.34. The largest absolute Gasteiger partial charge is 0.457 e. The highest BCUT2D eigenvalue weighted by Gasteiger charge is 2.09. The average molecular weight is 310 g/mol. The molecule has 1 aromatic heterocycles. The monoisotopic (exact) mass is 310 g/mol. The van der Waals surface area contributed by atoms with E-state index in [-0.39, 0.29) is 0 Å². The van der Waals surface area contributed by atoms with Crippen molar-refractivity contribution < 1.29 is 9.84 Å². The number of para-hydroxylation sites is 1. The van der Waals surface area contributed by atoms with Gasteiger partial charge in [0.15, 0.2) is 0 Å². The number of hydrogen-bond donors (Lipinski definition) is 1. The zero-order valence-corrected chi connectivity index (χ0v) is 13.0. The van der Waals surface area contributed by atoms with Crippen LogP contribution in [-0.2, 0) is 6.42 Å². The molecule has 3 rings (SSSR count).